The van der Waals surface area contributed by atoms with Crippen LogP contribution in [0.4, 0.5) is 5.95 Å². The predicted octanol–water partition coefficient (Wildman–Crippen LogP) is 3.34. The van der Waals surface area contributed by atoms with E-state index in [9.17, 15) is 4.79 Å². The number of rotatable bonds is 3. The smallest absolute Gasteiger partial charge is 0.274 e. The van der Waals surface area contributed by atoms with Crippen LogP contribution in [0.15, 0.2) is 18.5 Å². The molecule has 0 aromatic carbocycles. The number of carbonyl (C=O) groups is 1. The molecule has 26 heavy (non-hydrogen) atoms. The second kappa shape index (κ2) is 5.47. The largest absolute Gasteiger partial charge is 0.345 e. The molecule has 0 spiro atoms. The summed E-state index contributed by atoms with van der Waals surface area (Å²) in [6, 6.07) is 3.66. The van der Waals surface area contributed by atoms with Gasteiger partial charge in [0.15, 0.2) is 0 Å². The highest BCUT2D eigenvalue weighted by Gasteiger charge is 2.52. The summed E-state index contributed by atoms with van der Waals surface area (Å²) in [5.41, 5.74) is 2.36. The highest BCUT2D eigenvalue weighted by molar-refractivity contribution is 6.02. The Kier molecular flexibility index (Phi) is 3.30. The fraction of sp³-hybridized carbons (Fsp3) is 0.550. The molecule has 1 amide bonds. The molecule has 2 aromatic rings. The maximum Gasteiger partial charge on any atom is 0.274 e. The van der Waals surface area contributed by atoms with Crippen molar-refractivity contribution in [2.24, 2.45) is 24.8 Å². The SMILES string of the molecule is Cn1cc(C#N)cc1C(=O)Nc1ncc(C23CC4CC(CC(C4)C2)C3)[nH]1. The third-order valence-corrected chi connectivity index (χ3v) is 6.78. The maximum atomic E-state index is 12.5. The van der Waals surface area contributed by atoms with Crippen LogP contribution in [0.25, 0.3) is 0 Å². The Labute approximate surface area is 152 Å². The summed E-state index contributed by atoms with van der Waals surface area (Å²) in [6.45, 7) is 0. The van der Waals surface area contributed by atoms with Gasteiger partial charge in [-0.2, -0.15) is 5.26 Å². The molecule has 4 bridgehead atoms. The van der Waals surface area contributed by atoms with Gasteiger partial charge in [0.05, 0.1) is 11.8 Å². The van der Waals surface area contributed by atoms with Gasteiger partial charge in [0.25, 0.3) is 5.91 Å². The van der Waals surface area contributed by atoms with Crippen molar-refractivity contribution >= 4 is 11.9 Å². The van der Waals surface area contributed by atoms with Crippen LogP contribution >= 0.6 is 0 Å². The lowest BCUT2D eigenvalue weighted by Gasteiger charge is -2.56. The molecule has 0 radical (unpaired) electrons. The van der Waals surface area contributed by atoms with Crippen LogP contribution in [-0.4, -0.2) is 20.4 Å². The molecule has 4 fully saturated rings. The van der Waals surface area contributed by atoms with E-state index in [1.54, 1.807) is 23.9 Å². The molecular formula is C20H23N5O. The van der Waals surface area contributed by atoms with Gasteiger partial charge in [-0.1, -0.05) is 0 Å². The number of imidazole rings is 1. The summed E-state index contributed by atoms with van der Waals surface area (Å²) in [5.74, 6) is 2.86. The molecule has 6 rings (SSSR count). The number of nitrogens with one attached hydrogen (secondary N) is 2. The molecule has 4 aliphatic carbocycles. The van der Waals surface area contributed by atoms with Gasteiger partial charge in [-0.25, -0.2) is 4.98 Å². The van der Waals surface area contributed by atoms with Crippen molar-refractivity contribution in [3.8, 4) is 6.07 Å². The van der Waals surface area contributed by atoms with E-state index >= 15 is 0 Å². The van der Waals surface area contributed by atoms with Crippen LogP contribution in [0, 0.1) is 29.1 Å². The first-order valence-electron chi connectivity index (χ1n) is 9.48. The Morgan fingerprint density at radius 1 is 1.31 bits per heavy atom. The molecule has 0 atom stereocenters. The van der Waals surface area contributed by atoms with Crippen molar-refractivity contribution in [1.29, 1.82) is 5.26 Å². The lowest BCUT2D eigenvalue weighted by molar-refractivity contribution is -0.00698. The van der Waals surface area contributed by atoms with Crippen LogP contribution in [0.5, 0.6) is 0 Å². The van der Waals surface area contributed by atoms with Gasteiger partial charge in [0.1, 0.15) is 11.8 Å². The number of aromatic amines is 1. The molecule has 4 saturated carbocycles. The van der Waals surface area contributed by atoms with Gasteiger partial charge in [-0.05, 0) is 62.3 Å². The van der Waals surface area contributed by atoms with Gasteiger partial charge < -0.3 is 9.55 Å². The number of aryl methyl sites for hydroxylation is 1. The van der Waals surface area contributed by atoms with Crippen molar-refractivity contribution in [2.75, 3.05) is 5.32 Å². The quantitative estimate of drug-likeness (QED) is 0.891. The van der Waals surface area contributed by atoms with Gasteiger partial charge in [0.2, 0.25) is 5.95 Å². The number of hydrogen-bond acceptors (Lipinski definition) is 3. The Balaban J connectivity index is 1.37. The Morgan fingerprint density at radius 3 is 2.54 bits per heavy atom. The topological polar surface area (TPSA) is 86.5 Å². The number of hydrogen-bond donors (Lipinski definition) is 2. The first kappa shape index (κ1) is 15.7. The van der Waals surface area contributed by atoms with Crippen molar-refractivity contribution in [3.05, 3.63) is 35.4 Å². The summed E-state index contributed by atoms with van der Waals surface area (Å²) in [6.07, 6.45) is 11.6. The van der Waals surface area contributed by atoms with Gasteiger partial charge in [-0.3, -0.25) is 10.1 Å². The van der Waals surface area contributed by atoms with E-state index in [-0.39, 0.29) is 11.3 Å². The second-order valence-electron chi connectivity index (χ2n) is 8.63. The van der Waals surface area contributed by atoms with Gasteiger partial charge in [-0.15, -0.1) is 0 Å². The number of anilines is 1. The van der Waals surface area contributed by atoms with Crippen molar-refractivity contribution in [1.82, 2.24) is 14.5 Å². The minimum absolute atomic E-state index is 0.240. The minimum atomic E-state index is -0.250. The van der Waals surface area contributed by atoms with Gasteiger partial charge in [0, 0.05) is 24.4 Å². The highest BCUT2D eigenvalue weighted by Crippen LogP contribution is 2.60. The van der Waals surface area contributed by atoms with E-state index in [4.69, 9.17) is 5.26 Å². The first-order chi connectivity index (χ1) is 12.5. The van der Waals surface area contributed by atoms with E-state index in [2.05, 4.69) is 21.4 Å². The molecule has 6 heteroatoms. The summed E-state index contributed by atoms with van der Waals surface area (Å²) in [7, 11) is 1.76. The zero-order valence-corrected chi connectivity index (χ0v) is 15.0. The van der Waals surface area contributed by atoms with Crippen LogP contribution in [0.1, 0.15) is 60.3 Å². The first-order valence-corrected chi connectivity index (χ1v) is 9.48. The molecule has 0 aliphatic heterocycles. The van der Waals surface area contributed by atoms with E-state index in [0.717, 1.165) is 17.8 Å². The molecule has 0 unspecified atom stereocenters. The molecule has 2 heterocycles. The van der Waals surface area contributed by atoms with Crippen molar-refractivity contribution < 1.29 is 4.79 Å². The van der Waals surface area contributed by atoms with Crippen LogP contribution in [0.3, 0.4) is 0 Å². The zero-order valence-electron chi connectivity index (χ0n) is 15.0. The van der Waals surface area contributed by atoms with E-state index in [1.165, 1.54) is 44.2 Å². The van der Waals surface area contributed by atoms with Gasteiger partial charge >= 0.3 is 0 Å². The Morgan fingerprint density at radius 2 is 1.96 bits per heavy atom. The van der Waals surface area contributed by atoms with E-state index in [1.807, 2.05) is 6.20 Å². The minimum Gasteiger partial charge on any atom is -0.345 e. The second-order valence-corrected chi connectivity index (χ2v) is 8.63. The fourth-order valence-electron chi connectivity index (χ4n) is 6.12. The normalized spacial score (nSPS) is 31.8. The maximum absolute atomic E-state index is 12.5. The standard InChI is InChI=1S/C20H23N5O/c1-25-11-15(9-21)5-16(25)18(26)24-19-22-10-17(23-19)20-6-12-2-13(7-20)4-14(3-12)8-20/h5,10-14H,2-4,6-8H2,1H3,(H2,22,23,24,26). The van der Waals surface area contributed by atoms with Crippen molar-refractivity contribution in [3.63, 3.8) is 0 Å². The average Bonchev–Trinajstić information content (AvgIpc) is 3.20. The summed E-state index contributed by atoms with van der Waals surface area (Å²) < 4.78 is 1.66. The Hall–Kier alpha value is -2.55. The number of aromatic nitrogens is 3. The molecule has 4 aliphatic rings. The third kappa shape index (κ3) is 2.38. The predicted molar refractivity (Wildman–Crippen MR) is 96.5 cm³/mol. The lowest BCUT2D eigenvalue weighted by atomic mass is 9.49. The summed E-state index contributed by atoms with van der Waals surface area (Å²) in [4.78, 5) is 20.3. The lowest BCUT2D eigenvalue weighted by Crippen LogP contribution is -2.48. The third-order valence-electron chi connectivity index (χ3n) is 6.78. The molecule has 0 saturated heterocycles. The monoisotopic (exact) mass is 349 g/mol. The Bertz CT molecular complexity index is 880. The molecule has 2 N–H and O–H groups in total. The van der Waals surface area contributed by atoms with Crippen molar-refractivity contribution in [2.45, 2.75) is 43.9 Å². The molecule has 134 valence electrons. The molecule has 6 nitrogen and oxygen atoms in total. The number of nitriles is 1. The van der Waals surface area contributed by atoms with Crippen LogP contribution in [-0.2, 0) is 12.5 Å². The highest BCUT2D eigenvalue weighted by atomic mass is 16.2. The van der Waals surface area contributed by atoms with Crippen LogP contribution < -0.4 is 5.32 Å². The van der Waals surface area contributed by atoms with E-state index in [0.29, 0.717) is 17.2 Å². The number of carbonyl (C=O) groups excluding carboxylic acids is 1. The van der Waals surface area contributed by atoms with E-state index < -0.39 is 0 Å². The number of amides is 1. The average molecular weight is 349 g/mol. The fourth-order valence-corrected chi connectivity index (χ4v) is 6.12. The number of nitrogens with zero attached hydrogens (tertiary/aromatic N) is 3. The summed E-state index contributed by atoms with van der Waals surface area (Å²) >= 11 is 0. The molecule has 2 aromatic heterocycles. The van der Waals surface area contributed by atoms with Crippen LogP contribution in [0.2, 0.25) is 0 Å². The number of H-pyrrole nitrogens is 1. The summed E-state index contributed by atoms with van der Waals surface area (Å²) in [5, 5.41) is 11.8. The molecular weight excluding hydrogens is 326 g/mol. The zero-order chi connectivity index (χ0) is 17.9.